The van der Waals surface area contributed by atoms with Gasteiger partial charge in [-0.25, -0.2) is 28.4 Å². The first-order chi connectivity index (χ1) is 15.6. The van der Waals surface area contributed by atoms with E-state index < -0.39 is 24.8 Å². The van der Waals surface area contributed by atoms with Crippen molar-refractivity contribution in [2.45, 2.75) is 32.0 Å². The lowest BCUT2D eigenvalue weighted by atomic mass is 9.71. The van der Waals surface area contributed by atoms with Gasteiger partial charge >= 0.3 is 6.18 Å². The highest BCUT2D eigenvalue weighted by atomic mass is 19.4. The van der Waals surface area contributed by atoms with Gasteiger partial charge in [-0.3, -0.25) is 4.79 Å². The summed E-state index contributed by atoms with van der Waals surface area (Å²) >= 11 is 0. The van der Waals surface area contributed by atoms with Gasteiger partial charge in [0.05, 0.1) is 24.3 Å². The first-order valence-corrected chi connectivity index (χ1v) is 10.2. The highest BCUT2D eigenvalue weighted by molar-refractivity contribution is 5.94. The summed E-state index contributed by atoms with van der Waals surface area (Å²) in [6.07, 6.45) is -2.20. The lowest BCUT2D eigenvalue weighted by Gasteiger charge is -2.53. The number of aromatic nitrogens is 5. The molecular weight excluding hydrogens is 449 g/mol. The third kappa shape index (κ3) is 3.95. The molecular formula is C20H18F5N7O. The third-order valence-corrected chi connectivity index (χ3v) is 6.06. The number of rotatable bonds is 4. The van der Waals surface area contributed by atoms with E-state index >= 15 is 0 Å². The molecule has 0 saturated carbocycles. The van der Waals surface area contributed by atoms with Crippen LogP contribution in [0, 0.1) is 5.41 Å². The van der Waals surface area contributed by atoms with Crippen LogP contribution in [-0.4, -0.2) is 56.7 Å². The molecule has 0 atom stereocenters. The SMILES string of the molecule is O=C1CC2(CCN1c1ccc(C(F)(F)F)nc1)CN(c1cnc3cnn(CC(F)F)c3n1)C2. The van der Waals surface area contributed by atoms with Gasteiger partial charge in [0.15, 0.2) is 5.65 Å². The Morgan fingerprint density at radius 2 is 1.88 bits per heavy atom. The van der Waals surface area contributed by atoms with E-state index in [2.05, 4.69) is 20.1 Å². The molecule has 1 amide bonds. The Balaban J connectivity index is 1.25. The minimum absolute atomic E-state index is 0.181. The number of piperidine rings is 1. The van der Waals surface area contributed by atoms with Gasteiger partial charge in [-0.2, -0.15) is 18.3 Å². The summed E-state index contributed by atoms with van der Waals surface area (Å²) in [5.41, 5.74) is -0.248. The predicted molar refractivity (Wildman–Crippen MR) is 107 cm³/mol. The van der Waals surface area contributed by atoms with E-state index in [1.807, 2.05) is 4.90 Å². The second kappa shape index (κ2) is 7.59. The zero-order valence-corrected chi connectivity index (χ0v) is 17.1. The molecule has 174 valence electrons. The van der Waals surface area contributed by atoms with Crippen LogP contribution in [0.2, 0.25) is 0 Å². The summed E-state index contributed by atoms with van der Waals surface area (Å²) in [6, 6.07) is 2.12. The van der Waals surface area contributed by atoms with Gasteiger partial charge in [-0.1, -0.05) is 0 Å². The first kappa shape index (κ1) is 21.5. The fourth-order valence-electron chi connectivity index (χ4n) is 4.42. The zero-order chi connectivity index (χ0) is 23.4. The minimum Gasteiger partial charge on any atom is -0.354 e. The average Bonchev–Trinajstić information content (AvgIpc) is 3.13. The maximum absolute atomic E-state index is 12.8. The molecule has 3 aromatic rings. The number of hydrogen-bond donors (Lipinski definition) is 0. The summed E-state index contributed by atoms with van der Waals surface area (Å²) in [5.74, 6) is 0.338. The summed E-state index contributed by atoms with van der Waals surface area (Å²) in [7, 11) is 0. The average molecular weight is 467 g/mol. The molecule has 1 spiro atoms. The number of hydrogen-bond acceptors (Lipinski definition) is 6. The number of alkyl halides is 5. The lowest BCUT2D eigenvalue weighted by molar-refractivity contribution is -0.141. The molecule has 3 aromatic heterocycles. The molecule has 2 aliphatic rings. The van der Waals surface area contributed by atoms with Crippen LogP contribution in [0.5, 0.6) is 0 Å². The Kier molecular flexibility index (Phi) is 4.94. The highest BCUT2D eigenvalue weighted by Gasteiger charge is 2.48. The number of nitrogens with zero attached hydrogens (tertiary/aromatic N) is 7. The fourth-order valence-corrected chi connectivity index (χ4v) is 4.42. The van der Waals surface area contributed by atoms with Crippen LogP contribution in [0.15, 0.2) is 30.7 Å². The summed E-state index contributed by atoms with van der Waals surface area (Å²) in [5, 5.41) is 3.90. The van der Waals surface area contributed by atoms with Crippen molar-refractivity contribution in [1.82, 2.24) is 24.7 Å². The normalized spacial score (nSPS) is 18.4. The molecule has 2 saturated heterocycles. The van der Waals surface area contributed by atoms with Gasteiger partial charge in [-0.15, -0.1) is 0 Å². The van der Waals surface area contributed by atoms with Crippen molar-refractivity contribution < 1.29 is 26.7 Å². The summed E-state index contributed by atoms with van der Waals surface area (Å²) in [6.45, 7) is 0.877. The monoisotopic (exact) mass is 467 g/mol. The van der Waals surface area contributed by atoms with Crippen LogP contribution < -0.4 is 9.80 Å². The molecule has 13 heteroatoms. The topological polar surface area (TPSA) is 80.0 Å². The predicted octanol–water partition coefficient (Wildman–Crippen LogP) is 3.14. The Bertz CT molecular complexity index is 1190. The van der Waals surface area contributed by atoms with E-state index in [1.165, 1.54) is 17.2 Å². The van der Waals surface area contributed by atoms with E-state index in [-0.39, 0.29) is 23.4 Å². The van der Waals surface area contributed by atoms with Crippen molar-refractivity contribution in [1.29, 1.82) is 0 Å². The standard InChI is InChI=1S/C20H18F5N7O/c21-15(22)9-32-18-13(7-28-32)26-8-16(29-18)30-10-19(11-30)3-4-31(17(33)5-19)12-1-2-14(27-6-12)20(23,24)25/h1-2,6-8,15H,3-5,9-11H2. The van der Waals surface area contributed by atoms with Crippen molar-refractivity contribution in [2.24, 2.45) is 5.41 Å². The van der Waals surface area contributed by atoms with Crippen molar-refractivity contribution in [3.63, 3.8) is 0 Å². The van der Waals surface area contributed by atoms with Crippen molar-refractivity contribution in [3.8, 4) is 0 Å². The smallest absolute Gasteiger partial charge is 0.354 e. The highest BCUT2D eigenvalue weighted by Crippen LogP contribution is 2.43. The number of carbonyl (C=O) groups excluding carboxylic acids is 1. The van der Waals surface area contributed by atoms with E-state index in [4.69, 9.17) is 0 Å². The van der Waals surface area contributed by atoms with Crippen molar-refractivity contribution >= 4 is 28.6 Å². The fraction of sp³-hybridized carbons (Fsp3) is 0.450. The van der Waals surface area contributed by atoms with Crippen LogP contribution in [0.4, 0.5) is 33.5 Å². The molecule has 0 unspecified atom stereocenters. The Morgan fingerprint density at radius 3 is 2.52 bits per heavy atom. The van der Waals surface area contributed by atoms with E-state index in [0.29, 0.717) is 43.1 Å². The molecule has 0 N–H and O–H groups in total. The molecule has 0 bridgehead atoms. The van der Waals surface area contributed by atoms with E-state index in [1.54, 1.807) is 6.20 Å². The Morgan fingerprint density at radius 1 is 1.09 bits per heavy atom. The number of amides is 1. The summed E-state index contributed by atoms with van der Waals surface area (Å²) < 4.78 is 64.8. The maximum Gasteiger partial charge on any atom is 0.433 e. The number of anilines is 2. The molecule has 8 nitrogen and oxygen atoms in total. The minimum atomic E-state index is -4.53. The van der Waals surface area contributed by atoms with Crippen LogP contribution in [0.25, 0.3) is 11.2 Å². The molecule has 0 aromatic carbocycles. The largest absolute Gasteiger partial charge is 0.433 e. The van der Waals surface area contributed by atoms with E-state index in [9.17, 15) is 26.7 Å². The number of halogens is 5. The Labute approximate surface area is 184 Å². The Hall–Kier alpha value is -3.38. The maximum atomic E-state index is 12.8. The molecule has 0 radical (unpaired) electrons. The second-order valence-electron chi connectivity index (χ2n) is 8.38. The number of carbonyl (C=O) groups is 1. The van der Waals surface area contributed by atoms with E-state index in [0.717, 1.165) is 16.9 Å². The summed E-state index contributed by atoms with van der Waals surface area (Å²) in [4.78, 5) is 28.2. The first-order valence-electron chi connectivity index (χ1n) is 10.2. The van der Waals surface area contributed by atoms with Gasteiger partial charge in [0.2, 0.25) is 5.91 Å². The van der Waals surface area contributed by atoms with Crippen LogP contribution in [-0.2, 0) is 17.5 Å². The van der Waals surface area contributed by atoms with Gasteiger partial charge < -0.3 is 9.80 Å². The van der Waals surface area contributed by atoms with Gasteiger partial charge in [-0.05, 0) is 18.6 Å². The molecule has 2 aliphatic heterocycles. The number of fused-ring (bicyclic) bond motifs is 1. The van der Waals surface area contributed by atoms with Gasteiger partial charge in [0.25, 0.3) is 6.43 Å². The second-order valence-corrected chi connectivity index (χ2v) is 8.38. The van der Waals surface area contributed by atoms with Crippen molar-refractivity contribution in [3.05, 3.63) is 36.4 Å². The van der Waals surface area contributed by atoms with Crippen LogP contribution in [0.1, 0.15) is 18.5 Å². The zero-order valence-electron chi connectivity index (χ0n) is 17.1. The molecule has 5 heterocycles. The lowest BCUT2D eigenvalue weighted by Crippen LogP contribution is -2.62. The van der Waals surface area contributed by atoms with Crippen LogP contribution >= 0.6 is 0 Å². The molecule has 2 fully saturated rings. The third-order valence-electron chi connectivity index (χ3n) is 6.06. The molecule has 5 rings (SSSR count). The van der Waals surface area contributed by atoms with Crippen molar-refractivity contribution in [2.75, 3.05) is 29.4 Å². The molecule has 0 aliphatic carbocycles. The molecule has 33 heavy (non-hydrogen) atoms. The van der Waals surface area contributed by atoms with Gasteiger partial charge in [0.1, 0.15) is 23.6 Å². The number of pyridine rings is 1. The van der Waals surface area contributed by atoms with Crippen LogP contribution in [0.3, 0.4) is 0 Å². The quantitative estimate of drug-likeness (QED) is 0.549. The van der Waals surface area contributed by atoms with Gasteiger partial charge in [0, 0.05) is 31.5 Å².